The number of para-hydroxylation sites is 2. The van der Waals surface area contributed by atoms with Crippen LogP contribution in [0.4, 0.5) is 0 Å². The van der Waals surface area contributed by atoms with Crippen molar-refractivity contribution in [2.45, 2.75) is 0 Å². The zero-order chi connectivity index (χ0) is 11.8. The molecule has 0 radical (unpaired) electrons. The topological polar surface area (TPSA) is 21.7 Å². The van der Waals surface area contributed by atoms with E-state index in [9.17, 15) is 0 Å². The standard InChI is InChI=1S/C14H14N3/c1-16-9-5-6-11(10-16)14-15-12-7-3-4-8-13(12)17(14)2/h3-10H,1-2H3/q+1. The molecule has 3 nitrogen and oxygen atoms in total. The van der Waals surface area contributed by atoms with E-state index in [-0.39, 0.29) is 0 Å². The van der Waals surface area contributed by atoms with Crippen LogP contribution in [0, 0.1) is 0 Å². The number of fused-ring (bicyclic) bond motifs is 1. The van der Waals surface area contributed by atoms with Crippen LogP contribution < -0.4 is 4.57 Å². The molecule has 0 spiro atoms. The van der Waals surface area contributed by atoms with Gasteiger partial charge in [0.05, 0.1) is 16.6 Å². The molecular formula is C14H14N3+. The van der Waals surface area contributed by atoms with E-state index in [4.69, 9.17) is 0 Å². The second-order valence-corrected chi connectivity index (χ2v) is 4.24. The Kier molecular flexibility index (Phi) is 2.18. The van der Waals surface area contributed by atoms with Gasteiger partial charge in [0.25, 0.3) is 0 Å². The monoisotopic (exact) mass is 224 g/mol. The largest absolute Gasteiger partial charge is 0.327 e. The van der Waals surface area contributed by atoms with Gasteiger partial charge in [0, 0.05) is 13.1 Å². The first-order valence-corrected chi connectivity index (χ1v) is 5.63. The lowest BCUT2D eigenvalue weighted by Crippen LogP contribution is -2.26. The Labute approximate surface area is 100.0 Å². The van der Waals surface area contributed by atoms with Crippen LogP contribution in [0.3, 0.4) is 0 Å². The summed E-state index contributed by atoms with van der Waals surface area (Å²) in [5.41, 5.74) is 3.33. The van der Waals surface area contributed by atoms with Gasteiger partial charge in [-0.25, -0.2) is 9.55 Å². The number of rotatable bonds is 1. The van der Waals surface area contributed by atoms with Crippen molar-refractivity contribution in [1.82, 2.24) is 9.55 Å². The maximum Gasteiger partial charge on any atom is 0.179 e. The van der Waals surface area contributed by atoms with Crippen molar-refractivity contribution in [1.29, 1.82) is 0 Å². The number of imidazole rings is 1. The minimum atomic E-state index is 1.00. The van der Waals surface area contributed by atoms with E-state index in [0.717, 1.165) is 22.4 Å². The highest BCUT2D eigenvalue weighted by Crippen LogP contribution is 2.21. The van der Waals surface area contributed by atoms with Gasteiger partial charge in [-0.05, 0) is 18.2 Å². The number of pyridine rings is 1. The zero-order valence-corrected chi connectivity index (χ0v) is 9.96. The molecule has 0 bridgehead atoms. The summed E-state index contributed by atoms with van der Waals surface area (Å²) >= 11 is 0. The third-order valence-electron chi connectivity index (χ3n) is 2.99. The fourth-order valence-electron chi connectivity index (χ4n) is 2.12. The Morgan fingerprint density at radius 3 is 2.71 bits per heavy atom. The first-order valence-electron chi connectivity index (χ1n) is 5.63. The molecule has 3 rings (SSSR count). The fraction of sp³-hybridized carbons (Fsp3) is 0.143. The molecule has 0 aliphatic carbocycles. The number of hydrogen-bond acceptors (Lipinski definition) is 1. The van der Waals surface area contributed by atoms with Crippen LogP contribution in [-0.4, -0.2) is 9.55 Å². The van der Waals surface area contributed by atoms with Crippen LogP contribution in [0.25, 0.3) is 22.4 Å². The lowest BCUT2D eigenvalue weighted by Gasteiger charge is -2.00. The van der Waals surface area contributed by atoms with Crippen LogP contribution in [0.15, 0.2) is 48.8 Å². The average molecular weight is 224 g/mol. The van der Waals surface area contributed by atoms with E-state index in [0.29, 0.717) is 0 Å². The maximum absolute atomic E-state index is 4.67. The highest BCUT2D eigenvalue weighted by molar-refractivity contribution is 5.80. The number of hydrogen-bond donors (Lipinski definition) is 0. The Hall–Kier alpha value is -2.16. The van der Waals surface area contributed by atoms with Crippen LogP contribution in [0.1, 0.15) is 0 Å². The van der Waals surface area contributed by atoms with E-state index in [1.54, 1.807) is 0 Å². The van der Waals surface area contributed by atoms with Crippen LogP contribution in [0.2, 0.25) is 0 Å². The molecule has 0 aliphatic heterocycles. The molecule has 0 saturated heterocycles. The minimum absolute atomic E-state index is 1.00. The molecule has 0 unspecified atom stereocenters. The van der Waals surface area contributed by atoms with E-state index in [1.165, 1.54) is 0 Å². The SMILES string of the molecule is Cn1c(-c2ccc[n+](C)c2)nc2ccccc21. The van der Waals surface area contributed by atoms with Crippen molar-refractivity contribution in [3.8, 4) is 11.4 Å². The van der Waals surface area contributed by atoms with Crippen molar-refractivity contribution < 1.29 is 4.57 Å². The summed E-state index contributed by atoms with van der Waals surface area (Å²) in [6, 6.07) is 12.3. The van der Waals surface area contributed by atoms with E-state index >= 15 is 0 Å². The molecule has 84 valence electrons. The third-order valence-corrected chi connectivity index (χ3v) is 2.99. The molecule has 1 aromatic carbocycles. The van der Waals surface area contributed by atoms with E-state index < -0.39 is 0 Å². The third kappa shape index (κ3) is 1.60. The van der Waals surface area contributed by atoms with Gasteiger partial charge in [0.2, 0.25) is 0 Å². The number of nitrogens with zero attached hydrogens (tertiary/aromatic N) is 3. The van der Waals surface area contributed by atoms with Gasteiger partial charge in [-0.2, -0.15) is 0 Å². The molecule has 3 aromatic rings. The second-order valence-electron chi connectivity index (χ2n) is 4.24. The van der Waals surface area contributed by atoms with Crippen LogP contribution in [0.5, 0.6) is 0 Å². The molecule has 0 fully saturated rings. The molecule has 0 amide bonds. The Balaban J connectivity index is 2.27. The van der Waals surface area contributed by atoms with E-state index in [1.807, 2.05) is 42.1 Å². The van der Waals surface area contributed by atoms with Gasteiger partial charge in [0.15, 0.2) is 12.4 Å². The predicted molar refractivity (Wildman–Crippen MR) is 67.3 cm³/mol. The molecule has 0 atom stereocenters. The first kappa shape index (κ1) is 10.0. The van der Waals surface area contributed by atoms with Crippen molar-refractivity contribution in [2.75, 3.05) is 0 Å². The van der Waals surface area contributed by atoms with Gasteiger partial charge in [-0.1, -0.05) is 12.1 Å². The number of benzene rings is 1. The Bertz CT molecular complexity index is 683. The zero-order valence-electron chi connectivity index (χ0n) is 9.96. The Morgan fingerprint density at radius 1 is 1.12 bits per heavy atom. The molecule has 0 aliphatic rings. The van der Waals surface area contributed by atoms with Gasteiger partial charge in [-0.3, -0.25) is 0 Å². The Morgan fingerprint density at radius 2 is 1.94 bits per heavy atom. The molecule has 2 aromatic heterocycles. The fourth-order valence-corrected chi connectivity index (χ4v) is 2.12. The lowest BCUT2D eigenvalue weighted by atomic mass is 10.2. The molecule has 3 heteroatoms. The average Bonchev–Trinajstić information content (AvgIpc) is 2.68. The van der Waals surface area contributed by atoms with Crippen molar-refractivity contribution in [2.24, 2.45) is 14.1 Å². The van der Waals surface area contributed by atoms with Crippen molar-refractivity contribution in [3.05, 3.63) is 48.8 Å². The van der Waals surface area contributed by atoms with E-state index in [2.05, 4.69) is 34.9 Å². The summed E-state index contributed by atoms with van der Waals surface area (Å²) in [5, 5.41) is 0. The smallest absolute Gasteiger partial charge is 0.179 e. The number of aryl methyl sites for hydroxylation is 2. The molecule has 17 heavy (non-hydrogen) atoms. The molecule has 2 heterocycles. The normalized spacial score (nSPS) is 10.9. The molecule has 0 saturated carbocycles. The number of aromatic nitrogens is 3. The highest BCUT2D eigenvalue weighted by Gasteiger charge is 2.11. The van der Waals surface area contributed by atoms with Crippen LogP contribution >= 0.6 is 0 Å². The minimum Gasteiger partial charge on any atom is -0.327 e. The highest BCUT2D eigenvalue weighted by atomic mass is 15.1. The summed E-state index contributed by atoms with van der Waals surface area (Å²) in [6.07, 6.45) is 4.10. The summed E-state index contributed by atoms with van der Waals surface area (Å²) in [5.74, 6) is 1.00. The summed E-state index contributed by atoms with van der Waals surface area (Å²) in [4.78, 5) is 4.67. The van der Waals surface area contributed by atoms with Crippen molar-refractivity contribution in [3.63, 3.8) is 0 Å². The second kappa shape index (κ2) is 3.70. The summed E-state index contributed by atoms with van der Waals surface area (Å²) in [7, 11) is 4.07. The lowest BCUT2D eigenvalue weighted by molar-refractivity contribution is -0.671. The quantitative estimate of drug-likeness (QED) is 0.580. The van der Waals surface area contributed by atoms with Gasteiger partial charge >= 0.3 is 0 Å². The molecule has 0 N–H and O–H groups in total. The first-order chi connectivity index (χ1) is 8.25. The van der Waals surface area contributed by atoms with Gasteiger partial charge in [-0.15, -0.1) is 0 Å². The summed E-state index contributed by atoms with van der Waals surface area (Å²) in [6.45, 7) is 0. The van der Waals surface area contributed by atoms with Gasteiger partial charge < -0.3 is 4.57 Å². The van der Waals surface area contributed by atoms with Gasteiger partial charge in [0.1, 0.15) is 12.9 Å². The summed E-state index contributed by atoms with van der Waals surface area (Å²) < 4.78 is 4.17. The van der Waals surface area contributed by atoms with Crippen LogP contribution in [-0.2, 0) is 14.1 Å². The predicted octanol–water partition coefficient (Wildman–Crippen LogP) is 2.06. The maximum atomic E-state index is 4.67. The molecular weight excluding hydrogens is 210 g/mol. The van der Waals surface area contributed by atoms with Crippen molar-refractivity contribution >= 4 is 11.0 Å².